The number of hydrogen-bond donors (Lipinski definition) is 3. The van der Waals surface area contributed by atoms with Gasteiger partial charge in [0.05, 0.1) is 10.2 Å². The second-order valence-corrected chi connectivity index (χ2v) is 4.79. The van der Waals surface area contributed by atoms with Crippen LogP contribution < -0.4 is 11.1 Å². The Morgan fingerprint density at radius 3 is 2.50 bits per heavy atom. The predicted octanol–water partition coefficient (Wildman–Crippen LogP) is 1.96. The first-order chi connectivity index (χ1) is 6.32. The lowest BCUT2D eigenvalue weighted by Crippen LogP contribution is -2.19. The highest BCUT2D eigenvalue weighted by Crippen LogP contribution is 2.32. The van der Waals surface area contributed by atoms with Crippen LogP contribution in [0.2, 0.25) is 0 Å². The number of aromatic amines is 1. The fourth-order valence-corrected chi connectivity index (χ4v) is 1.90. The fourth-order valence-electron chi connectivity index (χ4n) is 1.02. The summed E-state index contributed by atoms with van der Waals surface area (Å²) >= 11 is 3.35. The number of amides is 2. The summed E-state index contributed by atoms with van der Waals surface area (Å²) in [7, 11) is 0. The van der Waals surface area contributed by atoms with Gasteiger partial charge < -0.3 is 5.73 Å². The maximum absolute atomic E-state index is 10.6. The van der Waals surface area contributed by atoms with E-state index < -0.39 is 6.03 Å². The van der Waals surface area contributed by atoms with Crippen molar-refractivity contribution in [1.82, 2.24) is 10.2 Å². The van der Waals surface area contributed by atoms with Crippen LogP contribution in [0.25, 0.3) is 0 Å². The number of aromatic nitrogens is 2. The summed E-state index contributed by atoms with van der Waals surface area (Å²) in [6.07, 6.45) is 0. The fraction of sp³-hybridized carbons (Fsp3) is 0.500. The van der Waals surface area contributed by atoms with Crippen LogP contribution in [0.3, 0.4) is 0 Å². The van der Waals surface area contributed by atoms with Crippen molar-refractivity contribution in [3.05, 3.63) is 10.2 Å². The highest BCUT2D eigenvalue weighted by atomic mass is 79.9. The predicted molar refractivity (Wildman–Crippen MR) is 58.2 cm³/mol. The zero-order chi connectivity index (χ0) is 10.9. The number of rotatable bonds is 1. The van der Waals surface area contributed by atoms with Gasteiger partial charge in [-0.2, -0.15) is 5.10 Å². The standard InChI is InChI=1S/C8H13BrN4O/c1-8(2,3)5-4(9)6(13-12-5)11-7(10)14/h1-3H3,(H4,10,11,12,13,14). The molecule has 0 fully saturated rings. The first-order valence-corrected chi connectivity index (χ1v) is 4.92. The van der Waals surface area contributed by atoms with Crippen molar-refractivity contribution < 1.29 is 4.79 Å². The largest absolute Gasteiger partial charge is 0.351 e. The van der Waals surface area contributed by atoms with Crippen LogP contribution in [0.15, 0.2) is 4.47 Å². The van der Waals surface area contributed by atoms with Gasteiger partial charge >= 0.3 is 6.03 Å². The summed E-state index contributed by atoms with van der Waals surface area (Å²) in [6.45, 7) is 6.12. The lowest BCUT2D eigenvalue weighted by atomic mass is 9.92. The lowest BCUT2D eigenvalue weighted by Gasteiger charge is -2.16. The molecule has 0 bridgehead atoms. The zero-order valence-corrected chi connectivity index (χ0v) is 9.90. The third-order valence-corrected chi connectivity index (χ3v) is 2.47. The van der Waals surface area contributed by atoms with Crippen LogP contribution in [-0.4, -0.2) is 16.2 Å². The van der Waals surface area contributed by atoms with Crippen LogP contribution in [0.5, 0.6) is 0 Å². The second-order valence-electron chi connectivity index (χ2n) is 4.00. The van der Waals surface area contributed by atoms with Gasteiger partial charge in [0.2, 0.25) is 0 Å². The Morgan fingerprint density at radius 2 is 2.14 bits per heavy atom. The number of nitrogens with one attached hydrogen (secondary N) is 2. The minimum atomic E-state index is -0.627. The monoisotopic (exact) mass is 260 g/mol. The molecule has 0 aromatic carbocycles. The van der Waals surface area contributed by atoms with E-state index in [0.29, 0.717) is 5.82 Å². The molecule has 1 aromatic heterocycles. The first-order valence-electron chi connectivity index (χ1n) is 4.13. The van der Waals surface area contributed by atoms with Gasteiger partial charge in [-0.05, 0) is 15.9 Å². The number of primary amides is 1. The molecule has 0 radical (unpaired) electrons. The van der Waals surface area contributed by atoms with Gasteiger partial charge in [-0.25, -0.2) is 4.79 Å². The third-order valence-electron chi connectivity index (χ3n) is 1.70. The molecule has 0 saturated heterocycles. The molecule has 0 aliphatic rings. The normalized spacial score (nSPS) is 11.4. The molecule has 0 saturated carbocycles. The minimum absolute atomic E-state index is 0.0661. The van der Waals surface area contributed by atoms with Crippen molar-refractivity contribution in [2.45, 2.75) is 26.2 Å². The number of carbonyl (C=O) groups excluding carboxylic acids is 1. The minimum Gasteiger partial charge on any atom is -0.351 e. The summed E-state index contributed by atoms with van der Waals surface area (Å²) in [4.78, 5) is 10.6. The Hall–Kier alpha value is -1.04. The van der Waals surface area contributed by atoms with Crippen molar-refractivity contribution in [1.29, 1.82) is 0 Å². The Balaban J connectivity index is 3.03. The van der Waals surface area contributed by atoms with E-state index in [4.69, 9.17) is 5.73 Å². The number of carbonyl (C=O) groups is 1. The van der Waals surface area contributed by atoms with Crippen molar-refractivity contribution in [3.8, 4) is 0 Å². The number of H-pyrrole nitrogens is 1. The van der Waals surface area contributed by atoms with Gasteiger partial charge in [-0.1, -0.05) is 20.8 Å². The number of urea groups is 1. The Kier molecular flexibility index (Phi) is 2.84. The Bertz CT molecular complexity index is 353. The van der Waals surface area contributed by atoms with E-state index in [-0.39, 0.29) is 5.41 Å². The molecular formula is C8H13BrN4O. The summed E-state index contributed by atoms with van der Waals surface area (Å²) in [5.74, 6) is 0.419. The van der Waals surface area contributed by atoms with Gasteiger partial charge in [0.1, 0.15) is 0 Å². The summed E-state index contributed by atoms with van der Waals surface area (Å²) in [5.41, 5.74) is 5.84. The number of nitrogens with zero attached hydrogens (tertiary/aromatic N) is 1. The molecular weight excluding hydrogens is 248 g/mol. The van der Waals surface area contributed by atoms with Crippen LogP contribution in [0, 0.1) is 0 Å². The van der Waals surface area contributed by atoms with E-state index >= 15 is 0 Å². The quantitative estimate of drug-likeness (QED) is 0.722. The highest BCUT2D eigenvalue weighted by Gasteiger charge is 2.22. The van der Waals surface area contributed by atoms with E-state index in [0.717, 1.165) is 10.2 Å². The zero-order valence-electron chi connectivity index (χ0n) is 8.31. The molecule has 1 rings (SSSR count). The number of nitrogens with two attached hydrogens (primary N) is 1. The van der Waals surface area contributed by atoms with E-state index in [1.807, 2.05) is 20.8 Å². The Labute approximate surface area is 90.6 Å². The molecule has 4 N–H and O–H groups in total. The average Bonchev–Trinajstić information content (AvgIpc) is 2.30. The van der Waals surface area contributed by atoms with Crippen molar-refractivity contribution >= 4 is 27.8 Å². The molecule has 0 aliphatic carbocycles. The van der Waals surface area contributed by atoms with Gasteiger partial charge in [0.15, 0.2) is 5.82 Å². The Morgan fingerprint density at radius 1 is 1.57 bits per heavy atom. The summed E-state index contributed by atoms with van der Waals surface area (Å²) in [5, 5.41) is 9.21. The van der Waals surface area contributed by atoms with E-state index in [2.05, 4.69) is 31.4 Å². The maximum Gasteiger partial charge on any atom is 0.317 e. The molecule has 78 valence electrons. The summed E-state index contributed by atoms with van der Waals surface area (Å²) < 4.78 is 0.740. The van der Waals surface area contributed by atoms with Crippen molar-refractivity contribution in [2.75, 3.05) is 5.32 Å². The van der Waals surface area contributed by atoms with Crippen LogP contribution >= 0.6 is 15.9 Å². The molecule has 1 aromatic rings. The lowest BCUT2D eigenvalue weighted by molar-refractivity contribution is 0.259. The smallest absolute Gasteiger partial charge is 0.317 e. The maximum atomic E-state index is 10.6. The molecule has 2 amide bonds. The molecule has 1 heterocycles. The molecule has 5 nitrogen and oxygen atoms in total. The second kappa shape index (κ2) is 3.61. The van der Waals surface area contributed by atoms with E-state index in [9.17, 15) is 4.79 Å². The number of halogens is 1. The molecule has 0 unspecified atom stereocenters. The van der Waals surface area contributed by atoms with Crippen LogP contribution in [0.4, 0.5) is 10.6 Å². The molecule has 0 spiro atoms. The average molecular weight is 261 g/mol. The highest BCUT2D eigenvalue weighted by molar-refractivity contribution is 9.10. The van der Waals surface area contributed by atoms with Gasteiger partial charge in [0, 0.05) is 5.41 Å². The third kappa shape index (κ3) is 2.25. The van der Waals surface area contributed by atoms with Crippen molar-refractivity contribution in [2.24, 2.45) is 5.73 Å². The molecule has 0 atom stereocenters. The van der Waals surface area contributed by atoms with E-state index in [1.165, 1.54) is 0 Å². The van der Waals surface area contributed by atoms with Crippen LogP contribution in [0.1, 0.15) is 26.5 Å². The van der Waals surface area contributed by atoms with Gasteiger partial charge in [0.25, 0.3) is 0 Å². The summed E-state index contributed by atoms with van der Waals surface area (Å²) in [6, 6.07) is -0.627. The van der Waals surface area contributed by atoms with E-state index in [1.54, 1.807) is 0 Å². The van der Waals surface area contributed by atoms with Crippen molar-refractivity contribution in [3.63, 3.8) is 0 Å². The SMILES string of the molecule is CC(C)(C)c1[nH]nc(NC(N)=O)c1Br. The van der Waals surface area contributed by atoms with Crippen LogP contribution in [-0.2, 0) is 5.41 Å². The number of anilines is 1. The van der Waals surface area contributed by atoms with Gasteiger partial charge in [-0.15, -0.1) is 0 Å². The topological polar surface area (TPSA) is 83.8 Å². The molecule has 6 heteroatoms. The number of hydrogen-bond acceptors (Lipinski definition) is 2. The molecule has 14 heavy (non-hydrogen) atoms. The van der Waals surface area contributed by atoms with Gasteiger partial charge in [-0.3, -0.25) is 10.4 Å². The molecule has 0 aliphatic heterocycles. The first kappa shape index (κ1) is 11.0.